The molecule has 0 aliphatic rings. The highest BCUT2D eigenvalue weighted by molar-refractivity contribution is 9.11. The highest BCUT2D eigenvalue weighted by Gasteiger charge is 2.36. The second kappa shape index (κ2) is 6.23. The van der Waals surface area contributed by atoms with Crippen molar-refractivity contribution in [3.8, 4) is 0 Å². The number of urea groups is 1. The molecule has 0 saturated heterocycles. The van der Waals surface area contributed by atoms with Gasteiger partial charge in [-0.25, -0.2) is 14.6 Å². The summed E-state index contributed by atoms with van der Waals surface area (Å²) < 4.78 is 0.766. The van der Waals surface area contributed by atoms with Gasteiger partial charge >= 0.3 is 12.0 Å². The third kappa shape index (κ3) is 3.59. The van der Waals surface area contributed by atoms with E-state index in [2.05, 4.69) is 31.5 Å². The van der Waals surface area contributed by atoms with Crippen LogP contribution in [0.15, 0.2) is 40.3 Å². The summed E-state index contributed by atoms with van der Waals surface area (Å²) in [5.74, 6) is -1.15. The van der Waals surface area contributed by atoms with Crippen molar-refractivity contribution in [3.63, 3.8) is 0 Å². The van der Waals surface area contributed by atoms with Crippen LogP contribution in [0.4, 0.5) is 9.93 Å². The Balaban J connectivity index is 2.17. The Morgan fingerprint density at radius 1 is 1.33 bits per heavy atom. The van der Waals surface area contributed by atoms with Crippen LogP contribution in [0.5, 0.6) is 0 Å². The first-order chi connectivity index (χ1) is 9.91. The first-order valence-electron chi connectivity index (χ1n) is 5.91. The maximum Gasteiger partial charge on any atom is 0.333 e. The van der Waals surface area contributed by atoms with Gasteiger partial charge in [-0.15, -0.1) is 0 Å². The molecule has 3 N–H and O–H groups in total. The number of nitrogens with one attached hydrogen (secondary N) is 2. The van der Waals surface area contributed by atoms with Crippen LogP contribution in [0.3, 0.4) is 0 Å². The number of carboxylic acid groups (broad SMARTS) is 1. The number of halogens is 1. The fraction of sp³-hybridized carbons (Fsp3) is 0.154. The van der Waals surface area contributed by atoms with E-state index in [1.54, 1.807) is 36.5 Å². The Morgan fingerprint density at radius 2 is 2.00 bits per heavy atom. The molecule has 1 atom stereocenters. The molecule has 0 bridgehead atoms. The fourth-order valence-electron chi connectivity index (χ4n) is 1.69. The van der Waals surface area contributed by atoms with Crippen molar-refractivity contribution in [1.82, 2.24) is 10.3 Å². The number of carboxylic acids is 1. The lowest BCUT2D eigenvalue weighted by molar-refractivity contribution is -0.144. The number of hydrogen-bond donors (Lipinski definition) is 3. The van der Waals surface area contributed by atoms with Crippen molar-refractivity contribution in [2.75, 3.05) is 5.32 Å². The molecule has 21 heavy (non-hydrogen) atoms. The molecule has 2 aromatic rings. The predicted molar refractivity (Wildman–Crippen MR) is 83.4 cm³/mol. The van der Waals surface area contributed by atoms with E-state index in [0.717, 1.165) is 3.79 Å². The van der Waals surface area contributed by atoms with Crippen molar-refractivity contribution in [3.05, 3.63) is 45.9 Å². The number of aliphatic carboxylic acids is 1. The minimum Gasteiger partial charge on any atom is -0.479 e. The third-order valence-electron chi connectivity index (χ3n) is 2.84. The van der Waals surface area contributed by atoms with Crippen LogP contribution in [-0.4, -0.2) is 22.1 Å². The monoisotopic (exact) mass is 369 g/mol. The Kier molecular flexibility index (Phi) is 4.59. The predicted octanol–water partition coefficient (Wildman–Crippen LogP) is 3.03. The van der Waals surface area contributed by atoms with Gasteiger partial charge in [-0.3, -0.25) is 5.32 Å². The smallest absolute Gasteiger partial charge is 0.333 e. The lowest BCUT2D eigenvalue weighted by Crippen LogP contribution is -2.51. The van der Waals surface area contributed by atoms with Gasteiger partial charge in [0, 0.05) is 0 Å². The molecule has 110 valence electrons. The molecule has 0 radical (unpaired) electrons. The topological polar surface area (TPSA) is 91.3 Å². The number of anilines is 1. The molecule has 1 aromatic heterocycles. The maximum absolute atomic E-state index is 12.0. The first-order valence-corrected chi connectivity index (χ1v) is 7.52. The molecule has 6 nitrogen and oxygen atoms in total. The summed E-state index contributed by atoms with van der Waals surface area (Å²) in [6, 6.07) is 7.87. The van der Waals surface area contributed by atoms with Gasteiger partial charge in [0.05, 0.1) is 9.98 Å². The largest absolute Gasteiger partial charge is 0.479 e. The van der Waals surface area contributed by atoms with Crippen LogP contribution < -0.4 is 10.6 Å². The molecule has 1 unspecified atom stereocenters. The van der Waals surface area contributed by atoms with Crippen LogP contribution >= 0.6 is 27.3 Å². The molecule has 1 aromatic carbocycles. The summed E-state index contributed by atoms with van der Waals surface area (Å²) in [7, 11) is 0. The van der Waals surface area contributed by atoms with E-state index in [4.69, 9.17) is 0 Å². The second-order valence-electron chi connectivity index (χ2n) is 4.34. The van der Waals surface area contributed by atoms with Crippen LogP contribution in [0.25, 0.3) is 0 Å². The van der Waals surface area contributed by atoms with Gasteiger partial charge < -0.3 is 10.4 Å². The summed E-state index contributed by atoms with van der Waals surface area (Å²) in [6.45, 7) is 1.43. The molecule has 0 aliphatic heterocycles. The van der Waals surface area contributed by atoms with Gasteiger partial charge in [0.25, 0.3) is 0 Å². The zero-order valence-corrected chi connectivity index (χ0v) is 13.4. The maximum atomic E-state index is 12.0. The number of hydrogen-bond acceptors (Lipinski definition) is 4. The highest BCUT2D eigenvalue weighted by Crippen LogP contribution is 2.24. The van der Waals surface area contributed by atoms with Gasteiger partial charge in [-0.05, 0) is 28.4 Å². The Labute approximate surface area is 133 Å². The number of benzene rings is 1. The van der Waals surface area contributed by atoms with Crippen molar-refractivity contribution >= 4 is 44.4 Å². The molecule has 0 aliphatic carbocycles. The zero-order chi connectivity index (χ0) is 15.5. The molecule has 1 heterocycles. The van der Waals surface area contributed by atoms with Crippen LogP contribution in [0, 0.1) is 0 Å². The Hall–Kier alpha value is -1.93. The second-order valence-corrected chi connectivity index (χ2v) is 6.75. The molecule has 8 heteroatoms. The van der Waals surface area contributed by atoms with Gasteiger partial charge in [0.15, 0.2) is 10.7 Å². The quantitative estimate of drug-likeness (QED) is 0.772. The van der Waals surface area contributed by atoms with Gasteiger partial charge in [0.1, 0.15) is 0 Å². The van der Waals surface area contributed by atoms with E-state index in [1.807, 2.05) is 0 Å². The summed E-state index contributed by atoms with van der Waals surface area (Å²) >= 11 is 4.47. The third-order valence-corrected chi connectivity index (χ3v) is 4.23. The van der Waals surface area contributed by atoms with E-state index >= 15 is 0 Å². The van der Waals surface area contributed by atoms with Gasteiger partial charge in [-0.1, -0.05) is 41.7 Å². The minimum atomic E-state index is -1.53. The van der Waals surface area contributed by atoms with E-state index in [0.29, 0.717) is 10.7 Å². The van der Waals surface area contributed by atoms with Crippen molar-refractivity contribution in [2.45, 2.75) is 12.5 Å². The fourth-order valence-corrected chi connectivity index (χ4v) is 2.79. The number of rotatable bonds is 4. The standard InChI is InChI=1S/C13H12BrN3O3S/c1-13(10(18)19,8-5-3-2-4-6-8)17-11(20)16-12-15-7-9(14)21-12/h2-7H,1H3,(H,18,19)(H2,15,16,17,20). The zero-order valence-electron chi connectivity index (χ0n) is 11.0. The van der Waals surface area contributed by atoms with E-state index in [1.165, 1.54) is 18.3 Å². The molecule has 2 amide bonds. The molecule has 0 fully saturated rings. The lowest BCUT2D eigenvalue weighted by Gasteiger charge is -2.26. The van der Waals surface area contributed by atoms with Gasteiger partial charge in [-0.2, -0.15) is 0 Å². The van der Waals surface area contributed by atoms with E-state index < -0.39 is 17.5 Å². The number of nitrogens with zero attached hydrogens (tertiary/aromatic N) is 1. The average Bonchev–Trinajstić information content (AvgIpc) is 2.84. The number of thiazole rings is 1. The normalized spacial score (nSPS) is 13.2. The van der Waals surface area contributed by atoms with E-state index in [-0.39, 0.29) is 0 Å². The lowest BCUT2D eigenvalue weighted by atomic mass is 9.92. The van der Waals surface area contributed by atoms with Crippen LogP contribution in [0.2, 0.25) is 0 Å². The highest BCUT2D eigenvalue weighted by atomic mass is 79.9. The Bertz CT molecular complexity index is 662. The van der Waals surface area contributed by atoms with Crippen molar-refractivity contribution in [1.29, 1.82) is 0 Å². The molecule has 0 spiro atoms. The number of amides is 2. The van der Waals surface area contributed by atoms with Gasteiger partial charge in [0.2, 0.25) is 0 Å². The summed E-state index contributed by atoms with van der Waals surface area (Å²) in [5.41, 5.74) is -1.05. The number of carbonyl (C=O) groups is 2. The van der Waals surface area contributed by atoms with E-state index in [9.17, 15) is 14.7 Å². The Morgan fingerprint density at radius 3 is 2.52 bits per heavy atom. The average molecular weight is 370 g/mol. The molecular formula is C13H12BrN3O3S. The molecule has 0 saturated carbocycles. The van der Waals surface area contributed by atoms with Crippen molar-refractivity contribution < 1.29 is 14.7 Å². The van der Waals surface area contributed by atoms with Crippen molar-refractivity contribution in [2.24, 2.45) is 0 Å². The summed E-state index contributed by atoms with van der Waals surface area (Å²) in [6.07, 6.45) is 1.55. The molecular weight excluding hydrogens is 358 g/mol. The number of aromatic nitrogens is 1. The van der Waals surface area contributed by atoms with Crippen LogP contribution in [-0.2, 0) is 10.3 Å². The molecule has 2 rings (SSSR count). The minimum absolute atomic E-state index is 0.375. The first kappa shape index (κ1) is 15.5. The number of carbonyl (C=O) groups excluding carboxylic acids is 1. The summed E-state index contributed by atoms with van der Waals surface area (Å²) in [4.78, 5) is 27.5. The van der Waals surface area contributed by atoms with Crippen LogP contribution in [0.1, 0.15) is 12.5 Å². The summed E-state index contributed by atoms with van der Waals surface area (Å²) in [5, 5.41) is 14.8. The SMILES string of the molecule is CC(NC(=O)Nc1ncc(Br)s1)(C(=O)O)c1ccccc1.